The van der Waals surface area contributed by atoms with Crippen LogP contribution in [-0.2, 0) is 21.4 Å². The molecule has 1 aliphatic heterocycles. The Bertz CT molecular complexity index is 1160. The van der Waals surface area contributed by atoms with E-state index in [0.717, 1.165) is 35.7 Å². The second-order valence-electron chi connectivity index (χ2n) is 7.91. The molecule has 3 aromatic rings. The minimum atomic E-state index is -3.64. The summed E-state index contributed by atoms with van der Waals surface area (Å²) in [6.07, 6.45) is 3.58. The molecule has 1 amide bonds. The minimum absolute atomic E-state index is 0.265. The molecule has 0 aliphatic carbocycles. The van der Waals surface area contributed by atoms with Crippen molar-refractivity contribution in [1.29, 1.82) is 0 Å². The maximum Gasteiger partial charge on any atom is 0.241 e. The Morgan fingerprint density at radius 2 is 1.65 bits per heavy atom. The van der Waals surface area contributed by atoms with Crippen LogP contribution in [0.4, 0.5) is 11.4 Å². The number of anilines is 2. The van der Waals surface area contributed by atoms with Gasteiger partial charge in [-0.25, -0.2) is 8.42 Å². The molecule has 1 saturated heterocycles. The van der Waals surface area contributed by atoms with E-state index in [0.29, 0.717) is 12.2 Å². The standard InChI is InChI=1S/C24H27N3O3S/c1-31(29,30)27(23-10-6-8-20-7-2-3-9-22(20)23)18-24(28)25-17-19-11-13-21(14-12-19)26-15-4-5-16-26/h2-3,6-14H,4-5,15-18H2,1H3,(H,25,28). The van der Waals surface area contributed by atoms with E-state index in [4.69, 9.17) is 0 Å². The maximum absolute atomic E-state index is 12.6. The highest BCUT2D eigenvalue weighted by atomic mass is 32.2. The van der Waals surface area contributed by atoms with Crippen LogP contribution in [0.3, 0.4) is 0 Å². The van der Waals surface area contributed by atoms with Gasteiger partial charge in [0.05, 0.1) is 11.9 Å². The molecule has 162 valence electrons. The predicted molar refractivity (Wildman–Crippen MR) is 126 cm³/mol. The number of sulfonamides is 1. The van der Waals surface area contributed by atoms with Gasteiger partial charge in [-0.2, -0.15) is 0 Å². The SMILES string of the molecule is CS(=O)(=O)N(CC(=O)NCc1ccc(N2CCCC2)cc1)c1cccc2ccccc12. The largest absolute Gasteiger partial charge is 0.372 e. The minimum Gasteiger partial charge on any atom is -0.372 e. The van der Waals surface area contributed by atoms with E-state index in [1.54, 1.807) is 12.1 Å². The van der Waals surface area contributed by atoms with E-state index in [-0.39, 0.29) is 12.5 Å². The van der Waals surface area contributed by atoms with Crippen LogP contribution in [0.1, 0.15) is 18.4 Å². The Balaban J connectivity index is 1.45. The van der Waals surface area contributed by atoms with Crippen molar-refractivity contribution in [2.75, 3.05) is 35.1 Å². The zero-order valence-corrected chi connectivity index (χ0v) is 18.4. The van der Waals surface area contributed by atoms with Crippen LogP contribution < -0.4 is 14.5 Å². The molecule has 0 saturated carbocycles. The van der Waals surface area contributed by atoms with E-state index in [1.165, 1.54) is 22.8 Å². The van der Waals surface area contributed by atoms with Gasteiger partial charge >= 0.3 is 0 Å². The first-order valence-electron chi connectivity index (χ1n) is 10.5. The van der Waals surface area contributed by atoms with Gasteiger partial charge in [-0.15, -0.1) is 0 Å². The van der Waals surface area contributed by atoms with Gasteiger partial charge in [0.25, 0.3) is 0 Å². The molecule has 6 nitrogen and oxygen atoms in total. The Kier molecular flexibility index (Phi) is 6.13. The number of carbonyl (C=O) groups excluding carboxylic acids is 1. The summed E-state index contributed by atoms with van der Waals surface area (Å²) >= 11 is 0. The van der Waals surface area contributed by atoms with Crippen molar-refractivity contribution in [1.82, 2.24) is 5.32 Å². The topological polar surface area (TPSA) is 69.7 Å². The number of nitrogens with one attached hydrogen (secondary N) is 1. The van der Waals surface area contributed by atoms with Gasteiger partial charge in [0.15, 0.2) is 0 Å². The summed E-state index contributed by atoms with van der Waals surface area (Å²) in [6, 6.07) is 21.2. The van der Waals surface area contributed by atoms with Crippen LogP contribution in [0.5, 0.6) is 0 Å². The van der Waals surface area contributed by atoms with Gasteiger partial charge in [0.1, 0.15) is 6.54 Å². The number of fused-ring (bicyclic) bond motifs is 1. The molecule has 1 N–H and O–H groups in total. The highest BCUT2D eigenvalue weighted by Crippen LogP contribution is 2.28. The van der Waals surface area contributed by atoms with Gasteiger partial charge in [0, 0.05) is 30.7 Å². The number of hydrogen-bond donors (Lipinski definition) is 1. The molecule has 0 aromatic heterocycles. The highest BCUT2D eigenvalue weighted by Gasteiger charge is 2.22. The van der Waals surface area contributed by atoms with Crippen molar-refractivity contribution in [3.63, 3.8) is 0 Å². The highest BCUT2D eigenvalue weighted by molar-refractivity contribution is 7.92. The molecule has 0 radical (unpaired) electrons. The Hall–Kier alpha value is -3.06. The molecule has 0 unspecified atom stereocenters. The fourth-order valence-corrected chi connectivity index (χ4v) is 4.86. The molecule has 0 atom stereocenters. The average Bonchev–Trinajstić information content (AvgIpc) is 3.30. The Labute approximate surface area is 183 Å². The lowest BCUT2D eigenvalue weighted by Gasteiger charge is -2.23. The third-order valence-electron chi connectivity index (χ3n) is 5.62. The summed E-state index contributed by atoms with van der Waals surface area (Å²) in [5.41, 5.74) is 2.69. The lowest BCUT2D eigenvalue weighted by molar-refractivity contribution is -0.119. The van der Waals surface area contributed by atoms with E-state index in [9.17, 15) is 13.2 Å². The second-order valence-corrected chi connectivity index (χ2v) is 9.81. The first kappa shape index (κ1) is 21.2. The maximum atomic E-state index is 12.6. The van der Waals surface area contributed by atoms with Crippen LogP contribution in [0, 0.1) is 0 Å². The van der Waals surface area contributed by atoms with Crippen molar-refractivity contribution < 1.29 is 13.2 Å². The molecule has 7 heteroatoms. The lowest BCUT2D eigenvalue weighted by atomic mass is 10.1. The van der Waals surface area contributed by atoms with Crippen molar-refractivity contribution in [2.45, 2.75) is 19.4 Å². The normalized spacial score (nSPS) is 14.0. The van der Waals surface area contributed by atoms with Gasteiger partial charge < -0.3 is 10.2 Å². The van der Waals surface area contributed by atoms with Gasteiger partial charge in [-0.05, 0) is 42.0 Å². The van der Waals surface area contributed by atoms with Crippen LogP contribution >= 0.6 is 0 Å². The lowest BCUT2D eigenvalue weighted by Crippen LogP contribution is -2.40. The van der Waals surface area contributed by atoms with E-state index < -0.39 is 10.0 Å². The van der Waals surface area contributed by atoms with Gasteiger partial charge in [0.2, 0.25) is 15.9 Å². The summed E-state index contributed by atoms with van der Waals surface area (Å²) in [7, 11) is -3.64. The van der Waals surface area contributed by atoms with Crippen molar-refractivity contribution in [2.24, 2.45) is 0 Å². The number of amides is 1. The van der Waals surface area contributed by atoms with E-state index in [1.807, 2.05) is 42.5 Å². The number of nitrogens with zero attached hydrogens (tertiary/aromatic N) is 2. The molecule has 1 aliphatic rings. The van der Waals surface area contributed by atoms with Crippen LogP contribution in [0.25, 0.3) is 10.8 Å². The fraction of sp³-hybridized carbons (Fsp3) is 0.292. The van der Waals surface area contributed by atoms with Gasteiger partial charge in [-0.3, -0.25) is 9.10 Å². The molecule has 1 heterocycles. The van der Waals surface area contributed by atoms with Crippen LogP contribution in [-0.4, -0.2) is 40.2 Å². The predicted octanol–water partition coefficient (Wildman–Crippen LogP) is 3.52. The first-order chi connectivity index (χ1) is 14.9. The molecule has 0 bridgehead atoms. The summed E-state index contributed by atoms with van der Waals surface area (Å²) in [5.74, 6) is -0.345. The molecule has 4 rings (SSSR count). The number of rotatable bonds is 7. The molecule has 31 heavy (non-hydrogen) atoms. The molecule has 1 fully saturated rings. The average molecular weight is 438 g/mol. The molecule has 0 spiro atoms. The van der Waals surface area contributed by atoms with E-state index >= 15 is 0 Å². The number of carbonyl (C=O) groups is 1. The number of hydrogen-bond acceptors (Lipinski definition) is 4. The van der Waals surface area contributed by atoms with E-state index in [2.05, 4.69) is 22.3 Å². The summed E-state index contributed by atoms with van der Waals surface area (Å²) in [6.45, 7) is 2.27. The van der Waals surface area contributed by atoms with Gasteiger partial charge in [-0.1, -0.05) is 48.5 Å². The second kappa shape index (κ2) is 8.98. The molecular formula is C24H27N3O3S. The summed E-state index contributed by atoms with van der Waals surface area (Å²) in [4.78, 5) is 15.0. The first-order valence-corrected chi connectivity index (χ1v) is 12.3. The summed E-state index contributed by atoms with van der Waals surface area (Å²) < 4.78 is 26.1. The Morgan fingerprint density at radius 1 is 0.968 bits per heavy atom. The van der Waals surface area contributed by atoms with Crippen LogP contribution in [0.15, 0.2) is 66.7 Å². The fourth-order valence-electron chi connectivity index (χ4n) is 3.99. The smallest absolute Gasteiger partial charge is 0.241 e. The van der Waals surface area contributed by atoms with Crippen LogP contribution in [0.2, 0.25) is 0 Å². The van der Waals surface area contributed by atoms with Crippen molar-refractivity contribution >= 4 is 38.1 Å². The third-order valence-corrected chi connectivity index (χ3v) is 6.75. The molecule has 3 aromatic carbocycles. The van der Waals surface area contributed by atoms with Crippen molar-refractivity contribution in [3.8, 4) is 0 Å². The number of benzene rings is 3. The quantitative estimate of drug-likeness (QED) is 0.614. The Morgan fingerprint density at radius 3 is 2.35 bits per heavy atom. The monoisotopic (exact) mass is 437 g/mol. The zero-order valence-electron chi connectivity index (χ0n) is 17.6. The third kappa shape index (κ3) is 4.99. The zero-order chi connectivity index (χ0) is 21.8. The summed E-state index contributed by atoms with van der Waals surface area (Å²) in [5, 5.41) is 4.57. The molecular weight excluding hydrogens is 410 g/mol. The van der Waals surface area contributed by atoms with Crippen molar-refractivity contribution in [3.05, 3.63) is 72.3 Å².